The summed E-state index contributed by atoms with van der Waals surface area (Å²) in [6.07, 6.45) is 3.88. The number of hydrogen-bond donors (Lipinski definition) is 0. The second-order valence-electron chi connectivity index (χ2n) is 8.03. The van der Waals surface area contributed by atoms with E-state index >= 15 is 0 Å². The molecule has 6 aromatic rings. The van der Waals surface area contributed by atoms with Crippen molar-refractivity contribution in [2.75, 3.05) is 7.11 Å². The highest BCUT2D eigenvalue weighted by Gasteiger charge is 2.15. The van der Waals surface area contributed by atoms with Gasteiger partial charge in [-0.15, -0.1) is 0 Å². The average molecular weight is 465 g/mol. The Balaban J connectivity index is 1.58. The van der Waals surface area contributed by atoms with E-state index in [1.54, 1.807) is 11.5 Å². The van der Waals surface area contributed by atoms with Crippen molar-refractivity contribution in [3.8, 4) is 22.7 Å². The van der Waals surface area contributed by atoms with Gasteiger partial charge in [-0.3, -0.25) is 4.79 Å². The normalized spacial score (nSPS) is 12.1. The van der Waals surface area contributed by atoms with Crippen molar-refractivity contribution in [3.05, 3.63) is 105 Å². The molecule has 3 heterocycles. The molecule has 3 aromatic carbocycles. The molecule has 0 fully saturated rings. The maximum absolute atomic E-state index is 13.3. The van der Waals surface area contributed by atoms with Gasteiger partial charge in [-0.25, -0.2) is 14.1 Å². The Labute approximate surface area is 199 Å². The summed E-state index contributed by atoms with van der Waals surface area (Å²) >= 11 is 1.39. The molecule has 0 aliphatic rings. The minimum atomic E-state index is -0.0713. The van der Waals surface area contributed by atoms with Crippen molar-refractivity contribution in [2.45, 2.75) is 6.92 Å². The van der Waals surface area contributed by atoms with Crippen molar-refractivity contribution in [2.24, 2.45) is 0 Å². The van der Waals surface area contributed by atoms with Crippen LogP contribution in [0.4, 0.5) is 0 Å². The molecule has 0 saturated heterocycles. The average Bonchev–Trinajstić information content (AvgIpc) is 3.53. The van der Waals surface area contributed by atoms with Crippen LogP contribution in [0.3, 0.4) is 0 Å². The van der Waals surface area contributed by atoms with Crippen molar-refractivity contribution in [1.29, 1.82) is 0 Å². The lowest BCUT2D eigenvalue weighted by Crippen LogP contribution is -2.22. The Bertz CT molecular complexity index is 1780. The van der Waals surface area contributed by atoms with Gasteiger partial charge < -0.3 is 4.74 Å². The van der Waals surface area contributed by atoms with Crippen LogP contribution in [0.2, 0.25) is 0 Å². The Morgan fingerprint density at radius 1 is 1.00 bits per heavy atom. The highest BCUT2D eigenvalue weighted by Crippen LogP contribution is 2.29. The van der Waals surface area contributed by atoms with Gasteiger partial charge in [0.1, 0.15) is 11.4 Å². The summed E-state index contributed by atoms with van der Waals surface area (Å²) in [5.41, 5.74) is 6.16. The number of ether oxygens (including phenoxy) is 1. The molecule has 6 rings (SSSR count). The maximum atomic E-state index is 13.3. The van der Waals surface area contributed by atoms with E-state index in [0.717, 1.165) is 44.9 Å². The summed E-state index contributed by atoms with van der Waals surface area (Å²) in [6.45, 7) is 2.01. The number of aromatic nitrogens is 4. The van der Waals surface area contributed by atoms with Crippen LogP contribution in [0.15, 0.2) is 83.8 Å². The van der Waals surface area contributed by atoms with Gasteiger partial charge in [0.2, 0.25) is 0 Å². The quantitative estimate of drug-likeness (QED) is 0.382. The molecule has 0 saturated carbocycles. The fraction of sp³-hybridized carbons (Fsp3) is 0.0741. The van der Waals surface area contributed by atoms with E-state index in [2.05, 4.69) is 11.1 Å². The molecule has 0 aliphatic carbocycles. The highest BCUT2D eigenvalue weighted by atomic mass is 32.1. The standard InChI is InChI=1S/C27H20N4O2S/c1-17-14-18(12-13-23(17)33-2)25-19(16-30(29-25)20-8-4-3-5-9-20)15-24-26(32)31-22-11-7-6-10-21(22)28-27(31)34-24/h3-16H,1-2H3/b24-15-. The third-order valence-electron chi connectivity index (χ3n) is 5.86. The number of rotatable bonds is 4. The molecule has 0 bridgehead atoms. The fourth-order valence-corrected chi connectivity index (χ4v) is 5.19. The van der Waals surface area contributed by atoms with Crippen LogP contribution in [0.5, 0.6) is 5.75 Å². The second-order valence-corrected chi connectivity index (χ2v) is 9.04. The highest BCUT2D eigenvalue weighted by molar-refractivity contribution is 7.15. The van der Waals surface area contributed by atoms with Gasteiger partial charge in [0.15, 0.2) is 4.96 Å². The van der Waals surface area contributed by atoms with E-state index in [9.17, 15) is 4.79 Å². The Morgan fingerprint density at radius 2 is 1.79 bits per heavy atom. The van der Waals surface area contributed by atoms with Crippen molar-refractivity contribution in [1.82, 2.24) is 19.2 Å². The van der Waals surface area contributed by atoms with Crippen molar-refractivity contribution < 1.29 is 4.74 Å². The van der Waals surface area contributed by atoms with E-state index < -0.39 is 0 Å². The number of methoxy groups -OCH3 is 1. The first-order chi connectivity index (χ1) is 16.6. The van der Waals surface area contributed by atoms with Crippen LogP contribution in [0.1, 0.15) is 11.1 Å². The van der Waals surface area contributed by atoms with E-state index in [-0.39, 0.29) is 5.56 Å². The Morgan fingerprint density at radius 3 is 2.59 bits per heavy atom. The van der Waals surface area contributed by atoms with Gasteiger partial charge >= 0.3 is 0 Å². The van der Waals surface area contributed by atoms with Crippen LogP contribution in [-0.4, -0.2) is 26.3 Å². The molecular weight excluding hydrogens is 444 g/mol. The van der Waals surface area contributed by atoms with Gasteiger partial charge in [-0.2, -0.15) is 5.10 Å². The van der Waals surface area contributed by atoms with Crippen LogP contribution in [0.25, 0.3) is 39.0 Å². The van der Waals surface area contributed by atoms with Crippen molar-refractivity contribution in [3.63, 3.8) is 0 Å². The number of fused-ring (bicyclic) bond motifs is 3. The van der Waals surface area contributed by atoms with E-state index in [1.165, 1.54) is 11.3 Å². The Kier molecular flexibility index (Phi) is 4.78. The lowest BCUT2D eigenvalue weighted by Gasteiger charge is -2.06. The van der Waals surface area contributed by atoms with E-state index in [1.807, 2.05) is 90.6 Å². The number of hydrogen-bond acceptors (Lipinski definition) is 5. The third-order valence-corrected chi connectivity index (χ3v) is 6.83. The summed E-state index contributed by atoms with van der Waals surface area (Å²) in [7, 11) is 1.66. The van der Waals surface area contributed by atoms with Crippen LogP contribution >= 0.6 is 11.3 Å². The predicted octanol–water partition coefficient (Wildman–Crippen LogP) is 4.63. The summed E-state index contributed by atoms with van der Waals surface area (Å²) in [5.74, 6) is 0.824. The van der Waals surface area contributed by atoms with Crippen molar-refractivity contribution >= 4 is 33.4 Å². The zero-order valence-corrected chi connectivity index (χ0v) is 19.4. The molecular formula is C27H20N4O2S. The topological polar surface area (TPSA) is 61.4 Å². The number of thiazole rings is 1. The molecule has 34 heavy (non-hydrogen) atoms. The predicted molar refractivity (Wildman–Crippen MR) is 136 cm³/mol. The SMILES string of the molecule is COc1ccc(-c2nn(-c3ccccc3)cc2/C=c2\sc3nc4ccccc4n3c2=O)cc1C. The molecule has 0 aliphatic heterocycles. The molecule has 0 unspecified atom stereocenters. The zero-order chi connectivity index (χ0) is 23.2. The summed E-state index contributed by atoms with van der Waals surface area (Å²) < 4.78 is 9.58. The Hall–Kier alpha value is -4.23. The molecule has 7 heteroatoms. The van der Waals surface area contributed by atoms with Gasteiger partial charge in [0, 0.05) is 17.3 Å². The molecule has 166 valence electrons. The monoisotopic (exact) mass is 464 g/mol. The summed E-state index contributed by atoms with van der Waals surface area (Å²) in [6, 6.07) is 23.6. The lowest BCUT2D eigenvalue weighted by atomic mass is 10.0. The molecule has 0 spiro atoms. The van der Waals surface area contributed by atoms with Crippen LogP contribution in [-0.2, 0) is 0 Å². The van der Waals surface area contributed by atoms with E-state index in [4.69, 9.17) is 9.84 Å². The molecule has 0 amide bonds. The fourth-order valence-electron chi connectivity index (χ4n) is 4.21. The summed E-state index contributed by atoms with van der Waals surface area (Å²) in [5, 5.41) is 4.89. The third kappa shape index (κ3) is 3.29. The van der Waals surface area contributed by atoms with Gasteiger partial charge in [-0.05, 0) is 61.0 Å². The number of imidazole rings is 1. The first-order valence-corrected chi connectivity index (χ1v) is 11.7. The number of aryl methyl sites for hydroxylation is 1. The molecule has 0 radical (unpaired) electrons. The number of benzene rings is 3. The molecule has 0 N–H and O–H groups in total. The first-order valence-electron chi connectivity index (χ1n) is 10.8. The largest absolute Gasteiger partial charge is 0.496 e. The van der Waals surface area contributed by atoms with E-state index in [0.29, 0.717) is 9.49 Å². The van der Waals surface area contributed by atoms with Gasteiger partial charge in [0.05, 0.1) is 28.4 Å². The zero-order valence-electron chi connectivity index (χ0n) is 18.6. The number of nitrogens with zero attached hydrogens (tertiary/aromatic N) is 4. The van der Waals surface area contributed by atoms with Crippen LogP contribution < -0.4 is 14.8 Å². The molecule has 6 nitrogen and oxygen atoms in total. The second kappa shape index (κ2) is 7.97. The minimum absolute atomic E-state index is 0.0713. The molecule has 0 atom stereocenters. The molecule has 3 aromatic heterocycles. The van der Waals surface area contributed by atoms with Gasteiger partial charge in [0.25, 0.3) is 5.56 Å². The number of para-hydroxylation sites is 3. The first kappa shape index (κ1) is 20.4. The minimum Gasteiger partial charge on any atom is -0.496 e. The maximum Gasteiger partial charge on any atom is 0.274 e. The van der Waals surface area contributed by atoms with Gasteiger partial charge in [-0.1, -0.05) is 41.7 Å². The van der Waals surface area contributed by atoms with Crippen LogP contribution in [0, 0.1) is 6.92 Å². The smallest absolute Gasteiger partial charge is 0.274 e. The summed E-state index contributed by atoms with van der Waals surface area (Å²) in [4.78, 5) is 18.6. The lowest BCUT2D eigenvalue weighted by molar-refractivity contribution is 0.412.